The van der Waals surface area contributed by atoms with Gasteiger partial charge in [0.05, 0.1) is 5.92 Å². The van der Waals surface area contributed by atoms with Gasteiger partial charge in [0.1, 0.15) is 12.2 Å². The van der Waals surface area contributed by atoms with Gasteiger partial charge in [0, 0.05) is 25.6 Å². The molecule has 0 N–H and O–H groups in total. The Balaban J connectivity index is 1.57. The largest absolute Gasteiger partial charge is 0.339 e. The molecule has 0 radical (unpaired) electrons. The molecule has 0 saturated carbocycles. The van der Waals surface area contributed by atoms with Gasteiger partial charge in [-0.2, -0.15) is 4.98 Å². The van der Waals surface area contributed by atoms with Crippen molar-refractivity contribution in [1.29, 1.82) is 0 Å². The van der Waals surface area contributed by atoms with Crippen LogP contribution in [0.5, 0.6) is 0 Å². The van der Waals surface area contributed by atoms with E-state index in [9.17, 15) is 0 Å². The van der Waals surface area contributed by atoms with Crippen molar-refractivity contribution in [3.63, 3.8) is 0 Å². The lowest BCUT2D eigenvalue weighted by Gasteiger charge is -2.30. The van der Waals surface area contributed by atoms with Crippen molar-refractivity contribution in [1.82, 2.24) is 29.8 Å². The fraction of sp³-hybridized carbons (Fsp3) is 0.733. The maximum absolute atomic E-state index is 5.47. The minimum absolute atomic E-state index is 0.314. The van der Waals surface area contributed by atoms with E-state index in [0.717, 1.165) is 50.1 Å². The Hall–Kier alpha value is -1.76. The monoisotopic (exact) mass is 304 g/mol. The number of rotatable bonds is 5. The smallest absolute Gasteiger partial charge is 0.231 e. The van der Waals surface area contributed by atoms with Crippen LogP contribution in [0.4, 0.5) is 0 Å². The maximum atomic E-state index is 5.47. The predicted molar refractivity (Wildman–Crippen MR) is 81.6 cm³/mol. The van der Waals surface area contributed by atoms with Crippen molar-refractivity contribution in [3.05, 3.63) is 23.9 Å². The first-order valence-corrected chi connectivity index (χ1v) is 8.03. The molecule has 1 saturated heterocycles. The fourth-order valence-electron chi connectivity index (χ4n) is 2.89. The highest BCUT2D eigenvalue weighted by Crippen LogP contribution is 2.26. The molecule has 7 heteroatoms. The molecule has 22 heavy (non-hydrogen) atoms. The van der Waals surface area contributed by atoms with Gasteiger partial charge < -0.3 is 14.0 Å². The zero-order chi connectivity index (χ0) is 15.5. The van der Waals surface area contributed by atoms with Crippen molar-refractivity contribution in [3.8, 4) is 0 Å². The van der Waals surface area contributed by atoms with Gasteiger partial charge in [-0.05, 0) is 26.3 Å². The van der Waals surface area contributed by atoms with Crippen molar-refractivity contribution in [2.24, 2.45) is 0 Å². The fourth-order valence-corrected chi connectivity index (χ4v) is 2.89. The Morgan fingerprint density at radius 1 is 1.36 bits per heavy atom. The van der Waals surface area contributed by atoms with Gasteiger partial charge in [-0.25, -0.2) is 0 Å². The SMILES string of the molecule is Cc1nncn1CCN1CCCC(c2nc(C(C)C)no2)C1. The Morgan fingerprint density at radius 3 is 2.91 bits per heavy atom. The highest BCUT2D eigenvalue weighted by Gasteiger charge is 2.26. The molecule has 1 fully saturated rings. The van der Waals surface area contributed by atoms with Gasteiger partial charge in [0.2, 0.25) is 5.89 Å². The second kappa shape index (κ2) is 6.56. The Bertz CT molecular complexity index is 605. The first-order valence-electron chi connectivity index (χ1n) is 8.03. The predicted octanol–water partition coefficient (Wildman–Crippen LogP) is 1.97. The van der Waals surface area contributed by atoms with Gasteiger partial charge in [0.25, 0.3) is 0 Å². The van der Waals surface area contributed by atoms with E-state index in [-0.39, 0.29) is 0 Å². The van der Waals surface area contributed by atoms with Crippen LogP contribution in [0.15, 0.2) is 10.9 Å². The molecule has 2 aromatic heterocycles. The number of aryl methyl sites for hydroxylation is 1. The van der Waals surface area contributed by atoms with E-state index in [1.165, 1.54) is 6.42 Å². The molecule has 2 aromatic rings. The summed E-state index contributed by atoms with van der Waals surface area (Å²) in [7, 11) is 0. The van der Waals surface area contributed by atoms with Crippen molar-refractivity contribution in [2.45, 2.75) is 52.0 Å². The van der Waals surface area contributed by atoms with Crippen LogP contribution >= 0.6 is 0 Å². The second-order valence-corrected chi connectivity index (χ2v) is 6.36. The Labute approximate surface area is 130 Å². The van der Waals surface area contributed by atoms with E-state index < -0.39 is 0 Å². The topological polar surface area (TPSA) is 72.9 Å². The lowest BCUT2D eigenvalue weighted by atomic mass is 9.98. The molecule has 120 valence electrons. The zero-order valence-electron chi connectivity index (χ0n) is 13.6. The highest BCUT2D eigenvalue weighted by molar-refractivity contribution is 4.99. The summed E-state index contributed by atoms with van der Waals surface area (Å²) in [5.41, 5.74) is 0. The minimum atomic E-state index is 0.314. The van der Waals surface area contributed by atoms with Crippen LogP contribution in [-0.2, 0) is 6.54 Å². The molecule has 3 heterocycles. The summed E-state index contributed by atoms with van der Waals surface area (Å²) in [4.78, 5) is 7.03. The summed E-state index contributed by atoms with van der Waals surface area (Å²) in [6.45, 7) is 10.2. The van der Waals surface area contributed by atoms with Crippen molar-refractivity contribution < 1.29 is 4.52 Å². The standard InChI is InChI=1S/C15H24N6O/c1-11(2)14-17-15(22-19-14)13-5-4-6-20(9-13)7-8-21-10-16-18-12(21)3/h10-11,13H,4-9H2,1-3H3. The van der Waals surface area contributed by atoms with Crippen molar-refractivity contribution >= 4 is 0 Å². The number of hydrogen-bond donors (Lipinski definition) is 0. The Morgan fingerprint density at radius 2 is 2.23 bits per heavy atom. The lowest BCUT2D eigenvalue weighted by Crippen LogP contribution is -2.36. The highest BCUT2D eigenvalue weighted by atomic mass is 16.5. The number of aromatic nitrogens is 5. The molecule has 0 aliphatic carbocycles. The van der Waals surface area contributed by atoms with Crippen molar-refractivity contribution in [2.75, 3.05) is 19.6 Å². The minimum Gasteiger partial charge on any atom is -0.339 e. The molecule has 1 aliphatic rings. The lowest BCUT2D eigenvalue weighted by molar-refractivity contribution is 0.181. The Kier molecular flexibility index (Phi) is 4.52. The van der Waals surface area contributed by atoms with Crippen LogP contribution in [-0.4, -0.2) is 49.4 Å². The first-order chi connectivity index (χ1) is 10.6. The van der Waals surface area contributed by atoms with E-state index in [2.05, 4.69) is 43.7 Å². The van der Waals surface area contributed by atoms with Gasteiger partial charge in [-0.3, -0.25) is 0 Å². The van der Waals surface area contributed by atoms with Gasteiger partial charge in [-0.15, -0.1) is 10.2 Å². The van der Waals surface area contributed by atoms with Gasteiger partial charge in [0.15, 0.2) is 5.82 Å². The third kappa shape index (κ3) is 3.35. The van der Waals surface area contributed by atoms with E-state index in [1.54, 1.807) is 6.33 Å². The van der Waals surface area contributed by atoms with Crippen LogP contribution in [0.3, 0.4) is 0 Å². The summed E-state index contributed by atoms with van der Waals surface area (Å²) in [6, 6.07) is 0. The van der Waals surface area contributed by atoms with Crippen LogP contribution in [0, 0.1) is 6.92 Å². The number of hydrogen-bond acceptors (Lipinski definition) is 6. The third-order valence-electron chi connectivity index (χ3n) is 4.29. The normalized spacial score (nSPS) is 19.9. The molecular formula is C15H24N6O. The molecule has 1 atom stereocenters. The summed E-state index contributed by atoms with van der Waals surface area (Å²) in [5, 5.41) is 12.0. The maximum Gasteiger partial charge on any atom is 0.231 e. The molecule has 0 aromatic carbocycles. The molecule has 1 aliphatic heterocycles. The van der Waals surface area contributed by atoms with E-state index >= 15 is 0 Å². The number of likely N-dealkylation sites (tertiary alicyclic amines) is 1. The van der Waals surface area contributed by atoms with Crippen LogP contribution in [0.1, 0.15) is 56.1 Å². The number of nitrogens with zero attached hydrogens (tertiary/aromatic N) is 6. The van der Waals surface area contributed by atoms with Gasteiger partial charge >= 0.3 is 0 Å². The van der Waals surface area contributed by atoms with Crippen LogP contribution < -0.4 is 0 Å². The molecule has 0 bridgehead atoms. The summed E-state index contributed by atoms with van der Waals surface area (Å²) < 4.78 is 7.56. The number of piperidine rings is 1. The second-order valence-electron chi connectivity index (χ2n) is 6.36. The quantitative estimate of drug-likeness (QED) is 0.841. The molecule has 1 unspecified atom stereocenters. The average molecular weight is 304 g/mol. The molecule has 0 spiro atoms. The third-order valence-corrected chi connectivity index (χ3v) is 4.29. The summed E-state index contributed by atoms with van der Waals surface area (Å²) in [6.07, 6.45) is 4.09. The average Bonchev–Trinajstić information content (AvgIpc) is 3.14. The molecular weight excluding hydrogens is 280 g/mol. The van der Waals surface area contributed by atoms with E-state index in [4.69, 9.17) is 4.52 Å². The molecule has 3 rings (SSSR count). The first kappa shape index (κ1) is 15.1. The van der Waals surface area contributed by atoms with E-state index in [1.807, 2.05) is 6.92 Å². The summed E-state index contributed by atoms with van der Waals surface area (Å²) >= 11 is 0. The summed E-state index contributed by atoms with van der Waals surface area (Å²) in [5.74, 6) is 3.25. The van der Waals surface area contributed by atoms with Crippen LogP contribution in [0.2, 0.25) is 0 Å². The van der Waals surface area contributed by atoms with Gasteiger partial charge in [-0.1, -0.05) is 19.0 Å². The van der Waals surface area contributed by atoms with Crippen LogP contribution in [0.25, 0.3) is 0 Å². The molecule has 7 nitrogen and oxygen atoms in total. The van der Waals surface area contributed by atoms with E-state index in [0.29, 0.717) is 11.8 Å². The molecule has 0 amide bonds. The zero-order valence-corrected chi connectivity index (χ0v) is 13.6.